The van der Waals surface area contributed by atoms with Crippen LogP contribution >= 0.6 is 23.5 Å². The lowest BCUT2D eigenvalue weighted by atomic mass is 10.2. The van der Waals surface area contributed by atoms with Gasteiger partial charge < -0.3 is 10.6 Å². The maximum absolute atomic E-state index is 12.6. The second-order valence-corrected chi connectivity index (χ2v) is 10.9. The third-order valence-corrected chi connectivity index (χ3v) is 8.39. The number of anilines is 2. The molecule has 28 heavy (non-hydrogen) atoms. The summed E-state index contributed by atoms with van der Waals surface area (Å²) in [7, 11) is -2.96. The first-order chi connectivity index (χ1) is 13.4. The number of benzene rings is 2. The highest BCUT2D eigenvalue weighted by molar-refractivity contribution is 8.15. The minimum atomic E-state index is -2.96. The van der Waals surface area contributed by atoms with E-state index in [0.717, 1.165) is 16.3 Å². The van der Waals surface area contributed by atoms with Crippen molar-refractivity contribution in [2.24, 2.45) is 4.99 Å². The third kappa shape index (κ3) is 4.37. The summed E-state index contributed by atoms with van der Waals surface area (Å²) >= 11 is 3.07. The van der Waals surface area contributed by atoms with Crippen molar-refractivity contribution in [3.8, 4) is 0 Å². The maximum Gasteiger partial charge on any atom is 0.255 e. The van der Waals surface area contributed by atoms with E-state index in [1.165, 1.54) is 11.8 Å². The number of rotatable bonds is 4. The zero-order valence-electron chi connectivity index (χ0n) is 15.1. The van der Waals surface area contributed by atoms with Crippen LogP contribution in [0.1, 0.15) is 10.4 Å². The Morgan fingerprint density at radius 1 is 1.14 bits per heavy atom. The molecular weight excluding hydrogens is 414 g/mol. The average molecular weight is 434 g/mol. The van der Waals surface area contributed by atoms with Gasteiger partial charge in [-0.05, 0) is 42.7 Å². The van der Waals surface area contributed by atoms with E-state index in [1.807, 2.05) is 36.6 Å². The number of hydrogen-bond donors (Lipinski definition) is 2. The van der Waals surface area contributed by atoms with Gasteiger partial charge in [-0.15, -0.1) is 11.8 Å². The molecular formula is C19H19N3O3S3. The molecule has 2 N–H and O–H groups in total. The number of thioether (sulfide) groups is 2. The van der Waals surface area contributed by atoms with Crippen LogP contribution in [0.5, 0.6) is 0 Å². The molecule has 2 atom stereocenters. The van der Waals surface area contributed by atoms with Crippen LogP contribution in [0.2, 0.25) is 0 Å². The van der Waals surface area contributed by atoms with Crippen molar-refractivity contribution in [1.82, 2.24) is 0 Å². The molecule has 0 aromatic heterocycles. The molecule has 0 radical (unpaired) electrons. The Hall–Kier alpha value is -1.97. The number of amides is 1. The normalized spacial score (nSPS) is 22.4. The van der Waals surface area contributed by atoms with Crippen molar-refractivity contribution in [1.29, 1.82) is 0 Å². The molecule has 1 fully saturated rings. The first-order valence-corrected chi connectivity index (χ1v) is 12.6. The fraction of sp³-hybridized carbons (Fsp3) is 0.263. The van der Waals surface area contributed by atoms with Crippen LogP contribution < -0.4 is 10.6 Å². The van der Waals surface area contributed by atoms with Crippen LogP contribution in [0.3, 0.4) is 0 Å². The van der Waals surface area contributed by atoms with E-state index in [1.54, 1.807) is 30.0 Å². The standard InChI is InChI=1S/C19H19N3O3S3/c1-26-15-7-3-6-14(9-15)20-18(23)12-4-2-5-13(8-12)21-19-22-16-10-28(24,25)11-17(16)27-19/h2-9,16-17H,10-11H2,1H3,(H,20,23)(H,21,22)/t16-,17-/m1/s1. The molecule has 2 aliphatic heterocycles. The summed E-state index contributed by atoms with van der Waals surface area (Å²) in [5.74, 6) is 0.105. The molecule has 2 heterocycles. The van der Waals surface area contributed by atoms with Crippen molar-refractivity contribution in [3.05, 3.63) is 54.1 Å². The van der Waals surface area contributed by atoms with Gasteiger partial charge in [-0.1, -0.05) is 23.9 Å². The predicted molar refractivity (Wildman–Crippen MR) is 117 cm³/mol. The molecule has 1 amide bonds. The lowest BCUT2D eigenvalue weighted by molar-refractivity contribution is 0.102. The first-order valence-electron chi connectivity index (χ1n) is 8.69. The van der Waals surface area contributed by atoms with Crippen molar-refractivity contribution >= 4 is 55.8 Å². The van der Waals surface area contributed by atoms with Crippen molar-refractivity contribution < 1.29 is 13.2 Å². The van der Waals surface area contributed by atoms with Crippen LogP contribution in [0.25, 0.3) is 0 Å². The Morgan fingerprint density at radius 2 is 1.93 bits per heavy atom. The summed E-state index contributed by atoms with van der Waals surface area (Å²) in [5.41, 5.74) is 2.03. The predicted octanol–water partition coefficient (Wildman–Crippen LogP) is 3.34. The van der Waals surface area contributed by atoms with E-state index in [4.69, 9.17) is 0 Å². The van der Waals surface area contributed by atoms with Gasteiger partial charge >= 0.3 is 0 Å². The molecule has 2 aromatic rings. The quantitative estimate of drug-likeness (QED) is 0.719. The van der Waals surface area contributed by atoms with Crippen LogP contribution in [-0.2, 0) is 9.84 Å². The molecule has 9 heteroatoms. The topological polar surface area (TPSA) is 87.6 Å². The molecule has 0 saturated carbocycles. The number of nitrogens with one attached hydrogen (secondary N) is 2. The summed E-state index contributed by atoms with van der Waals surface area (Å²) in [6.07, 6.45) is 1.99. The minimum Gasteiger partial charge on any atom is -0.335 e. The Bertz CT molecular complexity index is 1050. The fourth-order valence-corrected chi connectivity index (χ4v) is 7.32. The van der Waals surface area contributed by atoms with Gasteiger partial charge in [0.05, 0.1) is 17.5 Å². The molecule has 146 valence electrons. The van der Waals surface area contributed by atoms with Gasteiger partial charge in [0.1, 0.15) is 0 Å². The molecule has 2 aliphatic rings. The average Bonchev–Trinajstić information content (AvgIpc) is 3.14. The van der Waals surface area contributed by atoms with E-state index < -0.39 is 9.84 Å². The highest BCUT2D eigenvalue weighted by Crippen LogP contribution is 2.34. The Kier molecular flexibility index (Phi) is 5.39. The van der Waals surface area contributed by atoms with E-state index >= 15 is 0 Å². The summed E-state index contributed by atoms with van der Waals surface area (Å²) in [4.78, 5) is 18.2. The molecule has 0 spiro atoms. The lowest BCUT2D eigenvalue weighted by Crippen LogP contribution is -2.14. The van der Waals surface area contributed by atoms with Crippen LogP contribution in [-0.4, -0.2) is 48.5 Å². The third-order valence-electron chi connectivity index (χ3n) is 4.52. The first kappa shape index (κ1) is 19.4. The van der Waals surface area contributed by atoms with Gasteiger partial charge in [0, 0.05) is 27.1 Å². The highest BCUT2D eigenvalue weighted by Gasteiger charge is 2.42. The number of aliphatic imine (C=N–C) groups is 1. The molecule has 0 unspecified atom stereocenters. The SMILES string of the molecule is CSc1cccc(NC(=O)c2cccc(NC3=N[C@@H]4CS(=O)(=O)C[C@H]4S3)c2)c1. The van der Waals surface area contributed by atoms with Crippen molar-refractivity contribution in [3.63, 3.8) is 0 Å². The number of carbonyl (C=O) groups is 1. The molecule has 0 aliphatic carbocycles. The van der Waals surface area contributed by atoms with Gasteiger partial charge in [-0.3, -0.25) is 9.79 Å². The van der Waals surface area contributed by atoms with Gasteiger partial charge in [-0.25, -0.2) is 8.42 Å². The van der Waals surface area contributed by atoms with E-state index in [-0.39, 0.29) is 28.7 Å². The molecule has 2 aromatic carbocycles. The Morgan fingerprint density at radius 3 is 2.71 bits per heavy atom. The number of nitrogens with zero attached hydrogens (tertiary/aromatic N) is 1. The molecule has 0 bridgehead atoms. The van der Waals surface area contributed by atoms with Crippen LogP contribution in [0, 0.1) is 0 Å². The van der Waals surface area contributed by atoms with E-state index in [0.29, 0.717) is 10.7 Å². The van der Waals surface area contributed by atoms with Crippen molar-refractivity contribution in [2.75, 3.05) is 28.4 Å². The van der Waals surface area contributed by atoms with E-state index in [9.17, 15) is 13.2 Å². The maximum atomic E-state index is 12.6. The number of fused-ring (bicyclic) bond motifs is 1. The Balaban J connectivity index is 1.44. The van der Waals surface area contributed by atoms with E-state index in [2.05, 4.69) is 15.6 Å². The number of sulfone groups is 1. The van der Waals surface area contributed by atoms with Gasteiger partial charge in [-0.2, -0.15) is 0 Å². The zero-order chi connectivity index (χ0) is 19.7. The number of carbonyl (C=O) groups excluding carboxylic acids is 1. The number of amidine groups is 1. The zero-order valence-corrected chi connectivity index (χ0v) is 17.5. The summed E-state index contributed by atoms with van der Waals surface area (Å²) < 4.78 is 23.3. The largest absolute Gasteiger partial charge is 0.335 e. The number of hydrogen-bond acceptors (Lipinski definition) is 7. The lowest BCUT2D eigenvalue weighted by Gasteiger charge is -2.10. The second-order valence-electron chi connectivity index (χ2n) is 6.63. The van der Waals surface area contributed by atoms with Crippen LogP contribution in [0.4, 0.5) is 11.4 Å². The van der Waals surface area contributed by atoms with Crippen molar-refractivity contribution in [2.45, 2.75) is 16.2 Å². The highest BCUT2D eigenvalue weighted by atomic mass is 32.2. The molecule has 6 nitrogen and oxygen atoms in total. The fourth-order valence-electron chi connectivity index (χ4n) is 3.18. The molecule has 1 saturated heterocycles. The Labute approximate surface area is 172 Å². The summed E-state index contributed by atoms with van der Waals surface area (Å²) in [6.45, 7) is 0. The van der Waals surface area contributed by atoms with Crippen LogP contribution in [0.15, 0.2) is 58.4 Å². The molecule has 4 rings (SSSR count). The minimum absolute atomic E-state index is 0.0114. The smallest absolute Gasteiger partial charge is 0.255 e. The summed E-state index contributed by atoms with van der Waals surface area (Å²) in [6, 6.07) is 14.7. The van der Waals surface area contributed by atoms with Gasteiger partial charge in [0.15, 0.2) is 15.0 Å². The monoisotopic (exact) mass is 433 g/mol. The van der Waals surface area contributed by atoms with Gasteiger partial charge in [0.25, 0.3) is 5.91 Å². The summed E-state index contributed by atoms with van der Waals surface area (Å²) in [5, 5.41) is 6.81. The second kappa shape index (κ2) is 7.81. The van der Waals surface area contributed by atoms with Gasteiger partial charge in [0.2, 0.25) is 0 Å².